The van der Waals surface area contributed by atoms with Crippen molar-refractivity contribution >= 4 is 38.8 Å². The van der Waals surface area contributed by atoms with Crippen LogP contribution in [0.3, 0.4) is 0 Å². The molecule has 0 aliphatic rings. The number of nitrogen functional groups attached to an aromatic ring is 1. The smallest absolute Gasteiger partial charge is 0.238 e. The fraction of sp³-hybridized carbons (Fsp3) is 0.143. The molecule has 0 heterocycles. The summed E-state index contributed by atoms with van der Waals surface area (Å²) in [4.78, 5) is 1.18. The molecule has 2 rings (SSSR count). The highest BCUT2D eigenvalue weighted by Gasteiger charge is 2.15. The molecule has 7 heteroatoms. The highest BCUT2D eigenvalue weighted by atomic mass is 32.2. The zero-order valence-electron chi connectivity index (χ0n) is 11.8. The lowest BCUT2D eigenvalue weighted by molar-refractivity contribution is 0.597. The van der Waals surface area contributed by atoms with E-state index in [2.05, 4.69) is 5.32 Å². The van der Waals surface area contributed by atoms with E-state index < -0.39 is 10.0 Å². The first kappa shape index (κ1) is 15.7. The SMILES string of the molecule is CSc1ccc(Nc2cc(N)cc(S(N)(=O)=O)c2C)cc1. The molecule has 0 aromatic heterocycles. The van der Waals surface area contributed by atoms with E-state index in [1.165, 1.54) is 6.07 Å². The maximum Gasteiger partial charge on any atom is 0.238 e. The van der Waals surface area contributed by atoms with Gasteiger partial charge in [0.1, 0.15) is 0 Å². The number of sulfonamides is 1. The van der Waals surface area contributed by atoms with Crippen molar-refractivity contribution < 1.29 is 8.42 Å². The zero-order valence-corrected chi connectivity index (χ0v) is 13.4. The molecule has 0 saturated heterocycles. The summed E-state index contributed by atoms with van der Waals surface area (Å²) >= 11 is 1.65. The third-order valence-corrected chi connectivity index (χ3v) is 4.84. The van der Waals surface area contributed by atoms with Gasteiger partial charge in [0.15, 0.2) is 0 Å². The Balaban J connectivity index is 2.42. The van der Waals surface area contributed by atoms with E-state index in [1.807, 2.05) is 30.5 Å². The molecule has 2 aromatic rings. The molecule has 2 aromatic carbocycles. The quantitative estimate of drug-likeness (QED) is 0.593. The first-order chi connectivity index (χ1) is 9.81. The molecular weight excluding hydrogens is 306 g/mol. The molecule has 0 radical (unpaired) electrons. The second-order valence-electron chi connectivity index (χ2n) is 4.59. The highest BCUT2D eigenvalue weighted by molar-refractivity contribution is 7.98. The van der Waals surface area contributed by atoms with Crippen molar-refractivity contribution in [3.63, 3.8) is 0 Å². The molecule has 0 fully saturated rings. The van der Waals surface area contributed by atoms with Gasteiger partial charge in [0.2, 0.25) is 10.0 Å². The van der Waals surface area contributed by atoms with Crippen molar-refractivity contribution in [1.29, 1.82) is 0 Å². The van der Waals surface area contributed by atoms with Crippen LogP contribution in [-0.2, 0) is 10.0 Å². The van der Waals surface area contributed by atoms with E-state index in [1.54, 1.807) is 24.8 Å². The molecule has 0 unspecified atom stereocenters. The molecule has 21 heavy (non-hydrogen) atoms. The Morgan fingerprint density at radius 1 is 1.14 bits per heavy atom. The van der Waals surface area contributed by atoms with Gasteiger partial charge in [-0.25, -0.2) is 13.6 Å². The second kappa shape index (κ2) is 5.97. The third-order valence-electron chi connectivity index (χ3n) is 3.06. The van der Waals surface area contributed by atoms with Crippen LogP contribution >= 0.6 is 11.8 Å². The molecule has 0 aliphatic carbocycles. The van der Waals surface area contributed by atoms with E-state index in [9.17, 15) is 8.42 Å². The summed E-state index contributed by atoms with van der Waals surface area (Å²) in [7, 11) is -3.80. The molecule has 5 nitrogen and oxygen atoms in total. The Hall–Kier alpha value is -1.70. The summed E-state index contributed by atoms with van der Waals surface area (Å²) in [5, 5.41) is 8.38. The summed E-state index contributed by atoms with van der Waals surface area (Å²) in [5.74, 6) is 0. The fourth-order valence-corrected chi connectivity index (χ4v) is 3.21. The second-order valence-corrected chi connectivity index (χ2v) is 7.00. The van der Waals surface area contributed by atoms with Crippen molar-refractivity contribution in [2.75, 3.05) is 17.3 Å². The van der Waals surface area contributed by atoms with Gasteiger partial charge in [0, 0.05) is 22.0 Å². The number of nitrogens with one attached hydrogen (secondary N) is 1. The van der Waals surface area contributed by atoms with Crippen LogP contribution in [0.4, 0.5) is 17.1 Å². The summed E-state index contributed by atoms with van der Waals surface area (Å²) in [6.45, 7) is 1.69. The van der Waals surface area contributed by atoms with Crippen molar-refractivity contribution in [2.45, 2.75) is 16.7 Å². The molecule has 0 bridgehead atoms. The van der Waals surface area contributed by atoms with Crippen LogP contribution in [0.5, 0.6) is 0 Å². The van der Waals surface area contributed by atoms with Gasteiger partial charge in [-0.2, -0.15) is 0 Å². The van der Waals surface area contributed by atoms with Crippen LogP contribution in [0.1, 0.15) is 5.56 Å². The topological polar surface area (TPSA) is 98.2 Å². The molecule has 0 atom stereocenters. The number of nitrogens with two attached hydrogens (primary N) is 2. The van der Waals surface area contributed by atoms with Crippen molar-refractivity contribution in [3.8, 4) is 0 Å². The van der Waals surface area contributed by atoms with Crippen molar-refractivity contribution in [2.24, 2.45) is 5.14 Å². The Labute approximate surface area is 128 Å². The Bertz CT molecular complexity index is 757. The molecule has 0 saturated carbocycles. The Kier molecular flexibility index (Phi) is 4.46. The standard InChI is InChI=1S/C14H17N3O2S2/c1-9-13(7-10(15)8-14(9)21(16,18)19)17-11-3-5-12(20-2)6-4-11/h3-8,17H,15H2,1-2H3,(H2,16,18,19). The molecule has 0 aliphatic heterocycles. The van der Waals surface area contributed by atoms with Crippen molar-refractivity contribution in [3.05, 3.63) is 42.0 Å². The number of thioether (sulfide) groups is 1. The van der Waals surface area contributed by atoms with Crippen LogP contribution in [0, 0.1) is 6.92 Å². The number of hydrogen-bond donors (Lipinski definition) is 3. The van der Waals surface area contributed by atoms with E-state index in [-0.39, 0.29) is 4.90 Å². The Morgan fingerprint density at radius 3 is 2.29 bits per heavy atom. The number of hydrogen-bond acceptors (Lipinski definition) is 5. The number of anilines is 3. The van der Waals surface area contributed by atoms with Crippen LogP contribution < -0.4 is 16.2 Å². The fourth-order valence-electron chi connectivity index (χ4n) is 1.96. The van der Waals surface area contributed by atoms with E-state index in [0.717, 1.165) is 10.6 Å². The first-order valence-corrected chi connectivity index (χ1v) is 8.92. The minimum absolute atomic E-state index is 0.0331. The summed E-state index contributed by atoms with van der Waals surface area (Å²) in [5.41, 5.74) is 8.11. The van der Waals surface area contributed by atoms with Gasteiger partial charge in [-0.15, -0.1) is 11.8 Å². The summed E-state index contributed by atoms with van der Waals surface area (Å²) in [6.07, 6.45) is 2.00. The minimum Gasteiger partial charge on any atom is -0.399 e. The van der Waals surface area contributed by atoms with Gasteiger partial charge in [-0.1, -0.05) is 0 Å². The first-order valence-electron chi connectivity index (χ1n) is 6.15. The van der Waals surface area contributed by atoms with E-state index in [0.29, 0.717) is 16.9 Å². The molecular formula is C14H17N3O2S2. The lowest BCUT2D eigenvalue weighted by Crippen LogP contribution is -2.15. The van der Waals surface area contributed by atoms with Gasteiger partial charge in [-0.05, 0) is 55.1 Å². The monoisotopic (exact) mass is 323 g/mol. The zero-order chi connectivity index (χ0) is 15.6. The molecule has 5 N–H and O–H groups in total. The maximum absolute atomic E-state index is 11.6. The number of primary sulfonamides is 1. The van der Waals surface area contributed by atoms with Gasteiger partial charge in [0.25, 0.3) is 0 Å². The predicted octanol–water partition coefficient (Wildman–Crippen LogP) is 2.69. The van der Waals surface area contributed by atoms with E-state index >= 15 is 0 Å². The van der Waals surface area contributed by atoms with Crippen LogP contribution in [-0.4, -0.2) is 14.7 Å². The Morgan fingerprint density at radius 2 is 1.76 bits per heavy atom. The van der Waals surface area contributed by atoms with Gasteiger partial charge in [-0.3, -0.25) is 0 Å². The van der Waals surface area contributed by atoms with Gasteiger partial charge >= 0.3 is 0 Å². The number of rotatable bonds is 4. The maximum atomic E-state index is 11.6. The summed E-state index contributed by atoms with van der Waals surface area (Å²) < 4.78 is 23.2. The normalized spacial score (nSPS) is 11.4. The lowest BCUT2D eigenvalue weighted by atomic mass is 10.1. The van der Waals surface area contributed by atoms with Crippen LogP contribution in [0.25, 0.3) is 0 Å². The van der Waals surface area contributed by atoms with Gasteiger partial charge < -0.3 is 11.1 Å². The molecule has 112 valence electrons. The summed E-state index contributed by atoms with van der Waals surface area (Å²) in [6, 6.07) is 10.9. The van der Waals surface area contributed by atoms with Gasteiger partial charge in [0.05, 0.1) is 4.90 Å². The van der Waals surface area contributed by atoms with Crippen molar-refractivity contribution in [1.82, 2.24) is 0 Å². The highest BCUT2D eigenvalue weighted by Crippen LogP contribution is 2.29. The largest absolute Gasteiger partial charge is 0.399 e. The van der Waals surface area contributed by atoms with E-state index in [4.69, 9.17) is 10.9 Å². The lowest BCUT2D eigenvalue weighted by Gasteiger charge is -2.14. The van der Waals surface area contributed by atoms with Crippen LogP contribution in [0.15, 0.2) is 46.2 Å². The average molecular weight is 323 g/mol. The average Bonchev–Trinajstić information content (AvgIpc) is 2.42. The molecule has 0 amide bonds. The molecule has 0 spiro atoms. The third kappa shape index (κ3) is 3.69. The minimum atomic E-state index is -3.80. The van der Waals surface area contributed by atoms with Crippen LogP contribution in [0.2, 0.25) is 0 Å². The number of benzene rings is 2. The predicted molar refractivity (Wildman–Crippen MR) is 88.5 cm³/mol.